The summed E-state index contributed by atoms with van der Waals surface area (Å²) in [4.78, 5) is 22.6. The van der Waals surface area contributed by atoms with Gasteiger partial charge in [0.25, 0.3) is 0 Å². The lowest BCUT2D eigenvalue weighted by molar-refractivity contribution is -0.143. The summed E-state index contributed by atoms with van der Waals surface area (Å²) in [6.07, 6.45) is 0.559. The van der Waals surface area contributed by atoms with Gasteiger partial charge in [-0.3, -0.25) is 4.79 Å². The van der Waals surface area contributed by atoms with Crippen LogP contribution in [0, 0.1) is 5.92 Å². The molecule has 0 radical (unpaired) electrons. The summed E-state index contributed by atoms with van der Waals surface area (Å²) in [5.74, 6) is -1.63. The van der Waals surface area contributed by atoms with E-state index in [1.165, 1.54) is 4.31 Å². The number of rotatable bonds is 6. The SMILES string of the molecule is CC(C)[C@@H](NC(=O)CCN1CCCS1(=O)=O)C(=O)O. The van der Waals surface area contributed by atoms with Crippen molar-refractivity contribution >= 4 is 21.9 Å². The molecule has 1 aliphatic rings. The van der Waals surface area contributed by atoms with Gasteiger partial charge in [-0.15, -0.1) is 0 Å². The second-order valence-electron chi connectivity index (χ2n) is 4.95. The van der Waals surface area contributed by atoms with Crippen LogP contribution < -0.4 is 5.32 Å². The highest BCUT2D eigenvalue weighted by atomic mass is 32.2. The molecule has 0 unspecified atom stereocenters. The number of carboxylic acids is 1. The van der Waals surface area contributed by atoms with E-state index in [9.17, 15) is 18.0 Å². The molecule has 0 aromatic heterocycles. The van der Waals surface area contributed by atoms with Gasteiger partial charge in [0, 0.05) is 19.5 Å². The molecule has 1 heterocycles. The largest absolute Gasteiger partial charge is 0.480 e. The van der Waals surface area contributed by atoms with Crippen molar-refractivity contribution < 1.29 is 23.1 Å². The van der Waals surface area contributed by atoms with Crippen molar-refractivity contribution in [2.75, 3.05) is 18.8 Å². The van der Waals surface area contributed by atoms with Crippen LogP contribution in [0.5, 0.6) is 0 Å². The number of aliphatic carboxylic acids is 1. The van der Waals surface area contributed by atoms with Crippen molar-refractivity contribution in [1.82, 2.24) is 9.62 Å². The molecule has 1 rings (SSSR count). The van der Waals surface area contributed by atoms with Crippen LogP contribution in [0.4, 0.5) is 0 Å². The number of carboxylic acid groups (broad SMARTS) is 1. The minimum absolute atomic E-state index is 0.0181. The number of carbonyl (C=O) groups is 2. The van der Waals surface area contributed by atoms with Gasteiger partial charge in [0.1, 0.15) is 6.04 Å². The lowest BCUT2D eigenvalue weighted by atomic mass is 10.0. The lowest BCUT2D eigenvalue weighted by Gasteiger charge is -2.19. The summed E-state index contributed by atoms with van der Waals surface area (Å²) < 4.78 is 24.3. The second kappa shape index (κ2) is 6.33. The fourth-order valence-electron chi connectivity index (χ4n) is 1.93. The Balaban J connectivity index is 2.46. The van der Waals surface area contributed by atoms with Gasteiger partial charge in [0.05, 0.1) is 5.75 Å². The zero-order valence-corrected chi connectivity index (χ0v) is 11.9. The van der Waals surface area contributed by atoms with Gasteiger partial charge in [-0.2, -0.15) is 0 Å². The van der Waals surface area contributed by atoms with Crippen molar-refractivity contribution in [3.63, 3.8) is 0 Å². The highest BCUT2D eigenvalue weighted by Crippen LogP contribution is 2.13. The first-order chi connectivity index (χ1) is 8.74. The first-order valence-corrected chi connectivity index (χ1v) is 7.85. The lowest BCUT2D eigenvalue weighted by Crippen LogP contribution is -2.45. The molecule has 0 aliphatic carbocycles. The van der Waals surface area contributed by atoms with E-state index in [0.29, 0.717) is 13.0 Å². The monoisotopic (exact) mass is 292 g/mol. The van der Waals surface area contributed by atoms with Gasteiger partial charge in [-0.05, 0) is 12.3 Å². The van der Waals surface area contributed by atoms with Gasteiger partial charge >= 0.3 is 5.97 Å². The third-order valence-electron chi connectivity index (χ3n) is 3.04. The van der Waals surface area contributed by atoms with Crippen molar-refractivity contribution in [1.29, 1.82) is 0 Å². The maximum absolute atomic E-state index is 11.6. The van der Waals surface area contributed by atoms with Crippen LogP contribution in [0.25, 0.3) is 0 Å². The molecular weight excluding hydrogens is 272 g/mol. The topological polar surface area (TPSA) is 104 Å². The van der Waals surface area contributed by atoms with E-state index in [-0.39, 0.29) is 24.6 Å². The molecule has 0 bridgehead atoms. The Hall–Kier alpha value is -1.15. The molecule has 19 heavy (non-hydrogen) atoms. The number of hydrogen-bond donors (Lipinski definition) is 2. The maximum atomic E-state index is 11.6. The molecule has 110 valence electrons. The number of sulfonamides is 1. The van der Waals surface area contributed by atoms with Crippen LogP contribution in [0.15, 0.2) is 0 Å². The molecule has 1 atom stereocenters. The Labute approximate surface area is 113 Å². The smallest absolute Gasteiger partial charge is 0.326 e. The average Bonchev–Trinajstić information content (AvgIpc) is 2.61. The van der Waals surface area contributed by atoms with E-state index in [2.05, 4.69) is 5.32 Å². The summed E-state index contributed by atoms with van der Waals surface area (Å²) in [7, 11) is -3.21. The standard InChI is InChI=1S/C11H20N2O5S/c1-8(2)10(11(15)16)12-9(14)4-6-13-5-3-7-19(13,17)18/h8,10H,3-7H2,1-2H3,(H,12,14)(H,15,16)/t10-/m1/s1. The molecule has 8 heteroatoms. The average molecular weight is 292 g/mol. The Bertz CT molecular complexity index is 446. The summed E-state index contributed by atoms with van der Waals surface area (Å²) in [5.41, 5.74) is 0. The molecule has 1 fully saturated rings. The fourth-order valence-corrected chi connectivity index (χ4v) is 3.46. The third kappa shape index (κ3) is 4.46. The molecule has 1 saturated heterocycles. The highest BCUT2D eigenvalue weighted by molar-refractivity contribution is 7.89. The van der Waals surface area contributed by atoms with Crippen molar-refractivity contribution in [3.05, 3.63) is 0 Å². The van der Waals surface area contributed by atoms with Gasteiger partial charge in [-0.1, -0.05) is 13.8 Å². The van der Waals surface area contributed by atoms with E-state index in [0.717, 1.165) is 0 Å². The number of nitrogens with one attached hydrogen (secondary N) is 1. The maximum Gasteiger partial charge on any atom is 0.326 e. The van der Waals surface area contributed by atoms with Crippen molar-refractivity contribution in [2.45, 2.75) is 32.7 Å². The normalized spacial score (nSPS) is 20.4. The predicted octanol–water partition coefficient (Wildman–Crippen LogP) is -0.363. The van der Waals surface area contributed by atoms with E-state index >= 15 is 0 Å². The van der Waals surface area contributed by atoms with Crippen molar-refractivity contribution in [2.24, 2.45) is 5.92 Å². The molecule has 7 nitrogen and oxygen atoms in total. The van der Waals surface area contributed by atoms with Crippen LogP contribution in [0.1, 0.15) is 26.7 Å². The number of amides is 1. The van der Waals surface area contributed by atoms with E-state index < -0.39 is 27.9 Å². The van der Waals surface area contributed by atoms with Crippen LogP contribution in [0.2, 0.25) is 0 Å². The van der Waals surface area contributed by atoms with Crippen LogP contribution in [-0.4, -0.2) is 54.6 Å². The molecule has 0 aromatic carbocycles. The zero-order valence-electron chi connectivity index (χ0n) is 11.1. The Morgan fingerprint density at radius 3 is 2.42 bits per heavy atom. The Kier molecular flexibility index (Phi) is 5.30. The Morgan fingerprint density at radius 1 is 1.37 bits per heavy atom. The van der Waals surface area contributed by atoms with Crippen molar-refractivity contribution in [3.8, 4) is 0 Å². The second-order valence-corrected chi connectivity index (χ2v) is 7.03. The van der Waals surface area contributed by atoms with E-state index in [4.69, 9.17) is 5.11 Å². The molecular formula is C11H20N2O5S. The number of nitrogens with zero attached hydrogens (tertiary/aromatic N) is 1. The summed E-state index contributed by atoms with van der Waals surface area (Å²) >= 11 is 0. The Morgan fingerprint density at radius 2 is 2.00 bits per heavy atom. The molecule has 1 amide bonds. The number of hydrogen-bond acceptors (Lipinski definition) is 4. The summed E-state index contributed by atoms with van der Waals surface area (Å²) in [6, 6.07) is -0.942. The molecule has 0 spiro atoms. The quantitative estimate of drug-likeness (QED) is 0.695. The molecule has 1 aliphatic heterocycles. The zero-order chi connectivity index (χ0) is 14.6. The van der Waals surface area contributed by atoms with Crippen LogP contribution >= 0.6 is 0 Å². The predicted molar refractivity (Wildman–Crippen MR) is 69.0 cm³/mol. The molecule has 0 saturated carbocycles. The van der Waals surface area contributed by atoms with E-state index in [1.54, 1.807) is 13.8 Å². The minimum atomic E-state index is -3.21. The van der Waals surface area contributed by atoms with Gasteiger partial charge in [-0.25, -0.2) is 17.5 Å². The first-order valence-electron chi connectivity index (χ1n) is 6.24. The summed E-state index contributed by atoms with van der Waals surface area (Å²) in [6.45, 7) is 3.94. The fraction of sp³-hybridized carbons (Fsp3) is 0.818. The summed E-state index contributed by atoms with van der Waals surface area (Å²) in [5, 5.41) is 11.3. The van der Waals surface area contributed by atoms with Gasteiger partial charge in [0.15, 0.2) is 0 Å². The van der Waals surface area contributed by atoms with Gasteiger partial charge < -0.3 is 10.4 Å². The first kappa shape index (κ1) is 15.9. The van der Waals surface area contributed by atoms with Gasteiger partial charge in [0.2, 0.25) is 15.9 Å². The third-order valence-corrected chi connectivity index (χ3v) is 5.00. The van der Waals surface area contributed by atoms with Crippen LogP contribution in [-0.2, 0) is 19.6 Å². The molecule has 0 aromatic rings. The number of carbonyl (C=O) groups excluding carboxylic acids is 1. The minimum Gasteiger partial charge on any atom is -0.480 e. The molecule has 2 N–H and O–H groups in total. The van der Waals surface area contributed by atoms with Crippen LogP contribution in [0.3, 0.4) is 0 Å². The van der Waals surface area contributed by atoms with E-state index in [1.807, 2.05) is 0 Å². The highest BCUT2D eigenvalue weighted by Gasteiger charge is 2.29.